The van der Waals surface area contributed by atoms with Crippen molar-refractivity contribution in [3.8, 4) is 0 Å². The number of hydrogen-bond donors (Lipinski definition) is 1. The van der Waals surface area contributed by atoms with E-state index in [9.17, 15) is 14.5 Å². The lowest BCUT2D eigenvalue weighted by molar-refractivity contribution is -0.385. The summed E-state index contributed by atoms with van der Waals surface area (Å²) >= 11 is 0. The smallest absolute Gasteiger partial charge is 0.272 e. The Kier molecular flexibility index (Phi) is 3.12. The van der Waals surface area contributed by atoms with Crippen molar-refractivity contribution in [2.24, 2.45) is 0 Å². The number of rotatable bonds is 4. The summed E-state index contributed by atoms with van der Waals surface area (Å²) in [6, 6.07) is 3.47. The van der Waals surface area contributed by atoms with E-state index in [-0.39, 0.29) is 18.4 Å². The third-order valence-electron chi connectivity index (χ3n) is 2.38. The largest absolute Gasteiger partial charge is 0.371 e. The van der Waals surface area contributed by atoms with E-state index in [1.165, 1.54) is 12.1 Å². The quantitative estimate of drug-likeness (QED) is 0.619. The van der Waals surface area contributed by atoms with Gasteiger partial charge in [-0.1, -0.05) is 0 Å². The van der Waals surface area contributed by atoms with E-state index in [1.54, 1.807) is 0 Å². The molecule has 1 saturated heterocycles. The summed E-state index contributed by atoms with van der Waals surface area (Å²) in [6.07, 6.45) is 0.127. The van der Waals surface area contributed by atoms with Crippen molar-refractivity contribution in [3.05, 3.63) is 39.7 Å². The van der Waals surface area contributed by atoms with E-state index in [2.05, 4.69) is 5.32 Å². The van der Waals surface area contributed by atoms with Gasteiger partial charge in [0.05, 0.1) is 23.7 Å². The molecule has 1 aliphatic rings. The van der Waals surface area contributed by atoms with Crippen LogP contribution >= 0.6 is 0 Å². The number of nitro benzene ring substituents is 1. The highest BCUT2D eigenvalue weighted by Crippen LogP contribution is 2.17. The molecule has 6 heteroatoms. The molecule has 0 saturated carbocycles. The van der Waals surface area contributed by atoms with E-state index >= 15 is 0 Å². The maximum atomic E-state index is 13.0. The van der Waals surface area contributed by atoms with Gasteiger partial charge in [-0.15, -0.1) is 0 Å². The van der Waals surface area contributed by atoms with E-state index in [4.69, 9.17) is 4.74 Å². The Balaban J connectivity index is 2.04. The lowest BCUT2D eigenvalue weighted by Gasteiger charge is -2.27. The maximum absolute atomic E-state index is 13.0. The second kappa shape index (κ2) is 4.54. The fourth-order valence-corrected chi connectivity index (χ4v) is 1.42. The van der Waals surface area contributed by atoms with Gasteiger partial charge >= 0.3 is 0 Å². The van der Waals surface area contributed by atoms with Gasteiger partial charge in [0.25, 0.3) is 5.69 Å². The first-order chi connectivity index (χ1) is 7.65. The van der Waals surface area contributed by atoms with Crippen LogP contribution in [0.15, 0.2) is 18.2 Å². The fraction of sp³-hybridized carbons (Fsp3) is 0.400. The van der Waals surface area contributed by atoms with E-state index in [0.717, 1.165) is 19.2 Å². The highest BCUT2D eigenvalue weighted by Gasteiger charge is 2.17. The minimum Gasteiger partial charge on any atom is -0.371 e. The van der Waals surface area contributed by atoms with Crippen molar-refractivity contribution in [2.75, 3.05) is 13.1 Å². The summed E-state index contributed by atoms with van der Waals surface area (Å²) < 4.78 is 18.4. The normalized spacial score (nSPS) is 15.8. The average Bonchev–Trinajstić information content (AvgIpc) is 2.14. The van der Waals surface area contributed by atoms with Crippen LogP contribution in [-0.2, 0) is 11.3 Å². The minimum atomic E-state index is -0.614. The lowest BCUT2D eigenvalue weighted by atomic mass is 10.2. The molecule has 5 nitrogen and oxygen atoms in total. The number of ether oxygens (including phenoxy) is 1. The molecule has 0 unspecified atom stereocenters. The van der Waals surface area contributed by atoms with Gasteiger partial charge in [-0.05, 0) is 11.6 Å². The third kappa shape index (κ3) is 2.53. The molecule has 0 amide bonds. The van der Waals surface area contributed by atoms with Crippen LogP contribution in [0.25, 0.3) is 0 Å². The monoisotopic (exact) mass is 226 g/mol. The second-order valence-electron chi connectivity index (χ2n) is 3.67. The molecule has 0 aliphatic carbocycles. The van der Waals surface area contributed by atoms with Crippen LogP contribution < -0.4 is 5.32 Å². The Bertz CT molecular complexity index is 407. The summed E-state index contributed by atoms with van der Waals surface area (Å²) in [6.45, 7) is 1.75. The summed E-state index contributed by atoms with van der Waals surface area (Å²) in [7, 11) is 0. The molecule has 1 heterocycles. The highest BCUT2D eigenvalue weighted by molar-refractivity contribution is 5.34. The number of hydrogen-bond acceptors (Lipinski definition) is 4. The standard InChI is InChI=1S/C10H11FN2O3/c11-8-1-7(2-9(3-8)13(14)15)6-16-10-4-12-5-10/h1-3,10,12H,4-6H2. The molecule has 1 aromatic carbocycles. The maximum Gasteiger partial charge on any atom is 0.272 e. The van der Waals surface area contributed by atoms with Crippen molar-refractivity contribution in [1.82, 2.24) is 5.32 Å². The predicted octanol–water partition coefficient (Wildman–Crippen LogP) is 1.22. The van der Waals surface area contributed by atoms with Gasteiger partial charge in [0.2, 0.25) is 0 Å². The Labute approximate surface area is 91.4 Å². The molecule has 1 fully saturated rings. The molecule has 1 aliphatic heterocycles. The van der Waals surface area contributed by atoms with Crippen LogP contribution in [0.5, 0.6) is 0 Å². The number of nitrogens with one attached hydrogen (secondary N) is 1. The Morgan fingerprint density at radius 3 is 2.81 bits per heavy atom. The molecular weight excluding hydrogens is 215 g/mol. The molecule has 2 rings (SSSR count). The van der Waals surface area contributed by atoms with Crippen LogP contribution in [0, 0.1) is 15.9 Å². The second-order valence-corrected chi connectivity index (χ2v) is 3.67. The lowest BCUT2D eigenvalue weighted by Crippen LogP contribution is -2.48. The SMILES string of the molecule is O=[N+]([O-])c1cc(F)cc(COC2CNC2)c1. The molecule has 0 atom stereocenters. The third-order valence-corrected chi connectivity index (χ3v) is 2.38. The van der Waals surface area contributed by atoms with Gasteiger partial charge in [-0.2, -0.15) is 0 Å². The van der Waals surface area contributed by atoms with E-state index in [0.29, 0.717) is 5.56 Å². The predicted molar refractivity (Wildman–Crippen MR) is 54.5 cm³/mol. The molecular formula is C10H11FN2O3. The number of nitrogens with zero attached hydrogens (tertiary/aromatic N) is 1. The van der Waals surface area contributed by atoms with Gasteiger partial charge < -0.3 is 10.1 Å². The summed E-state index contributed by atoms with van der Waals surface area (Å²) in [5.74, 6) is -0.612. The first kappa shape index (κ1) is 11.0. The van der Waals surface area contributed by atoms with Gasteiger partial charge in [0, 0.05) is 19.2 Å². The number of non-ortho nitro benzene ring substituents is 1. The van der Waals surface area contributed by atoms with Gasteiger partial charge in [-0.3, -0.25) is 10.1 Å². The van der Waals surface area contributed by atoms with Crippen LogP contribution in [-0.4, -0.2) is 24.1 Å². The summed E-state index contributed by atoms with van der Waals surface area (Å²) in [5.41, 5.74) is 0.240. The summed E-state index contributed by atoms with van der Waals surface area (Å²) in [4.78, 5) is 9.89. The number of nitro groups is 1. The van der Waals surface area contributed by atoms with Crippen molar-refractivity contribution >= 4 is 5.69 Å². The van der Waals surface area contributed by atoms with Gasteiger partial charge in [0.15, 0.2) is 0 Å². The Morgan fingerprint density at radius 2 is 2.25 bits per heavy atom. The van der Waals surface area contributed by atoms with Gasteiger partial charge in [0.1, 0.15) is 5.82 Å². The van der Waals surface area contributed by atoms with Crippen LogP contribution in [0.4, 0.5) is 10.1 Å². The Morgan fingerprint density at radius 1 is 1.50 bits per heavy atom. The van der Waals surface area contributed by atoms with Crippen LogP contribution in [0.1, 0.15) is 5.56 Å². The molecule has 0 radical (unpaired) electrons. The molecule has 0 bridgehead atoms. The average molecular weight is 226 g/mol. The first-order valence-corrected chi connectivity index (χ1v) is 4.91. The summed E-state index contributed by atoms with van der Waals surface area (Å²) in [5, 5.41) is 13.5. The topological polar surface area (TPSA) is 64.4 Å². The van der Waals surface area contributed by atoms with Gasteiger partial charge in [-0.25, -0.2) is 4.39 Å². The zero-order valence-electron chi connectivity index (χ0n) is 8.48. The molecule has 1 N–H and O–H groups in total. The fourth-order valence-electron chi connectivity index (χ4n) is 1.42. The minimum absolute atomic E-state index is 0.127. The van der Waals surface area contributed by atoms with E-state index in [1.807, 2.05) is 0 Å². The van der Waals surface area contributed by atoms with Crippen molar-refractivity contribution in [3.63, 3.8) is 0 Å². The van der Waals surface area contributed by atoms with Crippen molar-refractivity contribution < 1.29 is 14.1 Å². The first-order valence-electron chi connectivity index (χ1n) is 4.91. The highest BCUT2D eigenvalue weighted by atomic mass is 19.1. The number of halogens is 1. The Hall–Kier alpha value is -1.53. The molecule has 1 aromatic rings. The zero-order chi connectivity index (χ0) is 11.5. The number of benzene rings is 1. The molecule has 0 spiro atoms. The van der Waals surface area contributed by atoms with Crippen molar-refractivity contribution in [1.29, 1.82) is 0 Å². The van der Waals surface area contributed by atoms with Crippen LogP contribution in [0.3, 0.4) is 0 Å². The molecule has 16 heavy (non-hydrogen) atoms. The van der Waals surface area contributed by atoms with Crippen molar-refractivity contribution in [2.45, 2.75) is 12.7 Å². The zero-order valence-corrected chi connectivity index (χ0v) is 8.48. The molecule has 0 aromatic heterocycles. The van der Waals surface area contributed by atoms with Crippen LogP contribution in [0.2, 0.25) is 0 Å². The molecule has 86 valence electrons. The van der Waals surface area contributed by atoms with E-state index < -0.39 is 10.7 Å².